The second-order valence-corrected chi connectivity index (χ2v) is 5.91. The third-order valence-electron chi connectivity index (χ3n) is 3.42. The van der Waals surface area contributed by atoms with Gasteiger partial charge in [0.2, 0.25) is 0 Å². The maximum Gasteiger partial charge on any atom is 0.119 e. The molecule has 1 heterocycles. The van der Waals surface area contributed by atoms with Crippen LogP contribution < -0.4 is 10.5 Å². The Kier molecular flexibility index (Phi) is 5.17. The molecule has 0 saturated heterocycles. The van der Waals surface area contributed by atoms with E-state index in [4.69, 9.17) is 10.5 Å². The van der Waals surface area contributed by atoms with Gasteiger partial charge in [0.25, 0.3) is 0 Å². The van der Waals surface area contributed by atoms with E-state index in [2.05, 4.69) is 40.9 Å². The zero-order valence-electron chi connectivity index (χ0n) is 12.2. The summed E-state index contributed by atoms with van der Waals surface area (Å²) in [7, 11) is 3.81. The maximum absolute atomic E-state index is 6.21. The molecule has 3 nitrogen and oxygen atoms in total. The standard InChI is InChI=1S/C16H22N2OS/c1-12(17)16(14-5-4-6-15(9-14)19-3)18(2)10-13-7-8-20-11-13/h4-9,11-12,16H,10,17H2,1-3H3. The Labute approximate surface area is 125 Å². The Bertz CT molecular complexity index is 525. The van der Waals surface area contributed by atoms with Crippen molar-refractivity contribution in [3.63, 3.8) is 0 Å². The SMILES string of the molecule is COc1cccc(C(C(C)N)N(C)Cc2ccsc2)c1. The zero-order valence-corrected chi connectivity index (χ0v) is 13.1. The molecule has 2 unspecified atom stereocenters. The molecule has 20 heavy (non-hydrogen) atoms. The van der Waals surface area contributed by atoms with E-state index >= 15 is 0 Å². The Morgan fingerprint density at radius 3 is 2.75 bits per heavy atom. The van der Waals surface area contributed by atoms with Crippen LogP contribution >= 0.6 is 11.3 Å². The molecule has 1 aromatic carbocycles. The van der Waals surface area contributed by atoms with E-state index in [1.54, 1.807) is 18.4 Å². The van der Waals surface area contributed by atoms with Crippen LogP contribution in [0.25, 0.3) is 0 Å². The lowest BCUT2D eigenvalue weighted by Gasteiger charge is -2.31. The zero-order chi connectivity index (χ0) is 14.5. The van der Waals surface area contributed by atoms with Crippen LogP contribution in [0.2, 0.25) is 0 Å². The number of methoxy groups -OCH3 is 1. The minimum absolute atomic E-state index is 0.0470. The average Bonchev–Trinajstić information content (AvgIpc) is 2.91. The first-order chi connectivity index (χ1) is 9.61. The number of ether oxygens (including phenoxy) is 1. The number of benzene rings is 1. The van der Waals surface area contributed by atoms with Gasteiger partial charge >= 0.3 is 0 Å². The first kappa shape index (κ1) is 15.0. The smallest absolute Gasteiger partial charge is 0.119 e. The number of nitrogens with zero attached hydrogens (tertiary/aromatic N) is 1. The van der Waals surface area contributed by atoms with Gasteiger partial charge in [0.15, 0.2) is 0 Å². The molecule has 4 heteroatoms. The van der Waals surface area contributed by atoms with Gasteiger partial charge in [-0.3, -0.25) is 4.90 Å². The summed E-state index contributed by atoms with van der Waals surface area (Å²) in [6.45, 7) is 2.95. The van der Waals surface area contributed by atoms with Gasteiger partial charge in [0, 0.05) is 18.6 Å². The molecule has 0 radical (unpaired) electrons. The van der Waals surface area contributed by atoms with Crippen molar-refractivity contribution in [3.05, 3.63) is 52.2 Å². The van der Waals surface area contributed by atoms with Crippen LogP contribution in [0.15, 0.2) is 41.1 Å². The Hall–Kier alpha value is -1.36. The minimum Gasteiger partial charge on any atom is -0.497 e. The quantitative estimate of drug-likeness (QED) is 0.887. The molecule has 0 aliphatic heterocycles. The van der Waals surface area contributed by atoms with E-state index in [9.17, 15) is 0 Å². The fourth-order valence-corrected chi connectivity index (χ4v) is 3.21. The molecular formula is C16H22N2OS. The molecule has 0 aliphatic carbocycles. The van der Waals surface area contributed by atoms with Gasteiger partial charge in [-0.1, -0.05) is 12.1 Å². The highest BCUT2D eigenvalue weighted by Gasteiger charge is 2.21. The molecule has 0 spiro atoms. The predicted molar refractivity (Wildman–Crippen MR) is 85.2 cm³/mol. The van der Waals surface area contributed by atoms with Crippen LogP contribution in [0.1, 0.15) is 24.1 Å². The molecule has 0 fully saturated rings. The van der Waals surface area contributed by atoms with Gasteiger partial charge in [0.05, 0.1) is 7.11 Å². The third kappa shape index (κ3) is 3.60. The van der Waals surface area contributed by atoms with Crippen molar-refractivity contribution in [2.75, 3.05) is 14.2 Å². The van der Waals surface area contributed by atoms with Crippen molar-refractivity contribution in [2.24, 2.45) is 5.73 Å². The van der Waals surface area contributed by atoms with Crippen molar-refractivity contribution < 1.29 is 4.74 Å². The van der Waals surface area contributed by atoms with E-state index < -0.39 is 0 Å². The van der Waals surface area contributed by atoms with Crippen LogP contribution in [0.4, 0.5) is 0 Å². The van der Waals surface area contributed by atoms with E-state index in [0.29, 0.717) is 0 Å². The molecule has 108 valence electrons. The van der Waals surface area contributed by atoms with Crippen molar-refractivity contribution in [3.8, 4) is 5.75 Å². The topological polar surface area (TPSA) is 38.5 Å². The van der Waals surface area contributed by atoms with Gasteiger partial charge in [-0.05, 0) is 54.1 Å². The Balaban J connectivity index is 2.21. The van der Waals surface area contributed by atoms with Crippen LogP contribution in [0.5, 0.6) is 5.75 Å². The monoisotopic (exact) mass is 290 g/mol. The number of rotatable bonds is 6. The fourth-order valence-electron chi connectivity index (χ4n) is 2.55. The van der Waals surface area contributed by atoms with E-state index in [0.717, 1.165) is 12.3 Å². The lowest BCUT2D eigenvalue weighted by atomic mass is 9.99. The normalized spacial score (nSPS) is 14.2. The molecule has 1 aromatic heterocycles. The van der Waals surface area contributed by atoms with Crippen LogP contribution in [-0.2, 0) is 6.54 Å². The van der Waals surface area contributed by atoms with Crippen LogP contribution in [0, 0.1) is 0 Å². The summed E-state index contributed by atoms with van der Waals surface area (Å²) >= 11 is 1.73. The second kappa shape index (κ2) is 6.88. The van der Waals surface area contributed by atoms with Crippen molar-refractivity contribution in [1.82, 2.24) is 4.90 Å². The summed E-state index contributed by atoms with van der Waals surface area (Å²) < 4.78 is 5.31. The van der Waals surface area contributed by atoms with Gasteiger partial charge in [-0.15, -0.1) is 0 Å². The van der Waals surface area contributed by atoms with Crippen molar-refractivity contribution >= 4 is 11.3 Å². The summed E-state index contributed by atoms with van der Waals surface area (Å²) in [5.41, 5.74) is 8.73. The van der Waals surface area contributed by atoms with Crippen molar-refractivity contribution in [1.29, 1.82) is 0 Å². The molecule has 0 amide bonds. The number of nitrogens with two attached hydrogens (primary N) is 1. The fraction of sp³-hybridized carbons (Fsp3) is 0.375. The highest BCUT2D eigenvalue weighted by molar-refractivity contribution is 7.07. The van der Waals surface area contributed by atoms with Gasteiger partial charge in [-0.2, -0.15) is 11.3 Å². The van der Waals surface area contributed by atoms with Crippen molar-refractivity contribution in [2.45, 2.75) is 25.6 Å². The first-order valence-corrected chi connectivity index (χ1v) is 7.67. The van der Waals surface area contributed by atoms with E-state index in [-0.39, 0.29) is 12.1 Å². The Morgan fingerprint density at radius 2 is 2.15 bits per heavy atom. The molecule has 0 aliphatic rings. The molecule has 2 aromatic rings. The van der Waals surface area contributed by atoms with Crippen LogP contribution in [0.3, 0.4) is 0 Å². The highest BCUT2D eigenvalue weighted by Crippen LogP contribution is 2.27. The number of likely N-dealkylation sites (N-methyl/N-ethyl adjacent to an activating group) is 1. The lowest BCUT2D eigenvalue weighted by Crippen LogP contribution is -2.36. The number of hydrogen-bond acceptors (Lipinski definition) is 4. The van der Waals surface area contributed by atoms with Gasteiger partial charge in [0.1, 0.15) is 5.75 Å². The summed E-state index contributed by atoms with van der Waals surface area (Å²) in [6, 6.07) is 10.5. The lowest BCUT2D eigenvalue weighted by molar-refractivity contribution is 0.211. The van der Waals surface area contributed by atoms with Gasteiger partial charge in [-0.25, -0.2) is 0 Å². The number of thiophene rings is 1. The molecular weight excluding hydrogens is 268 g/mol. The van der Waals surface area contributed by atoms with Gasteiger partial charge < -0.3 is 10.5 Å². The highest BCUT2D eigenvalue weighted by atomic mass is 32.1. The van der Waals surface area contributed by atoms with E-state index in [1.807, 2.05) is 19.1 Å². The molecule has 0 bridgehead atoms. The number of hydrogen-bond donors (Lipinski definition) is 1. The average molecular weight is 290 g/mol. The first-order valence-electron chi connectivity index (χ1n) is 6.72. The minimum atomic E-state index is 0.0470. The summed E-state index contributed by atoms with van der Waals surface area (Å²) in [5, 5.41) is 4.29. The molecule has 2 rings (SSSR count). The predicted octanol–water partition coefficient (Wildman–Crippen LogP) is 3.28. The largest absolute Gasteiger partial charge is 0.497 e. The van der Waals surface area contributed by atoms with Crippen LogP contribution in [-0.4, -0.2) is 25.1 Å². The molecule has 2 N–H and O–H groups in total. The summed E-state index contributed by atoms with van der Waals surface area (Å²) in [5.74, 6) is 0.872. The third-order valence-corrected chi connectivity index (χ3v) is 4.15. The Morgan fingerprint density at radius 1 is 1.35 bits per heavy atom. The maximum atomic E-state index is 6.21. The summed E-state index contributed by atoms with van der Waals surface area (Å²) in [4.78, 5) is 2.29. The summed E-state index contributed by atoms with van der Waals surface area (Å²) in [6.07, 6.45) is 0. The second-order valence-electron chi connectivity index (χ2n) is 5.13. The van der Waals surface area contributed by atoms with E-state index in [1.165, 1.54) is 11.1 Å². The molecule has 0 saturated carbocycles. The molecule has 2 atom stereocenters.